The molecular formula is C23H25N5. The van der Waals surface area contributed by atoms with Crippen molar-refractivity contribution in [1.82, 2.24) is 19.4 Å². The molecular weight excluding hydrogens is 346 g/mol. The number of pyridine rings is 1. The van der Waals surface area contributed by atoms with Gasteiger partial charge in [0, 0.05) is 49.5 Å². The van der Waals surface area contributed by atoms with Crippen molar-refractivity contribution in [2.45, 2.75) is 32.9 Å². The first-order valence-corrected chi connectivity index (χ1v) is 9.87. The molecule has 3 aromatic rings. The van der Waals surface area contributed by atoms with Gasteiger partial charge in [0.25, 0.3) is 0 Å². The molecule has 0 spiro atoms. The predicted molar refractivity (Wildman–Crippen MR) is 109 cm³/mol. The fraction of sp³-hybridized carbons (Fsp3) is 0.348. The lowest BCUT2D eigenvalue weighted by atomic mass is 9.96. The molecule has 28 heavy (non-hydrogen) atoms. The Morgan fingerprint density at radius 3 is 2.89 bits per heavy atom. The van der Waals surface area contributed by atoms with E-state index in [9.17, 15) is 5.26 Å². The number of rotatable bonds is 5. The number of aryl methyl sites for hydroxylation is 1. The molecule has 2 aromatic heterocycles. The van der Waals surface area contributed by atoms with Crippen molar-refractivity contribution >= 4 is 0 Å². The lowest BCUT2D eigenvalue weighted by Gasteiger charge is -2.33. The molecule has 3 heterocycles. The minimum atomic E-state index is 0.575. The zero-order valence-electron chi connectivity index (χ0n) is 16.3. The van der Waals surface area contributed by atoms with Gasteiger partial charge >= 0.3 is 0 Å². The van der Waals surface area contributed by atoms with E-state index < -0.39 is 0 Å². The minimum Gasteiger partial charge on any atom is -0.328 e. The minimum absolute atomic E-state index is 0.575. The number of likely N-dealkylation sites (tertiary alicyclic amines) is 1. The molecule has 0 bridgehead atoms. The quantitative estimate of drug-likeness (QED) is 0.679. The van der Waals surface area contributed by atoms with Crippen LogP contribution in [-0.4, -0.2) is 32.5 Å². The molecule has 1 atom stereocenters. The molecule has 1 saturated heterocycles. The van der Waals surface area contributed by atoms with E-state index in [1.54, 1.807) is 6.20 Å². The normalized spacial score (nSPS) is 17.4. The summed E-state index contributed by atoms with van der Waals surface area (Å²) in [5.74, 6) is 1.57. The van der Waals surface area contributed by atoms with Gasteiger partial charge in [0.05, 0.1) is 11.6 Å². The first-order valence-electron chi connectivity index (χ1n) is 9.87. The van der Waals surface area contributed by atoms with E-state index in [2.05, 4.69) is 44.6 Å². The van der Waals surface area contributed by atoms with Gasteiger partial charge in [0.15, 0.2) is 0 Å². The molecule has 0 saturated carbocycles. The Balaban J connectivity index is 1.48. The van der Waals surface area contributed by atoms with E-state index in [1.807, 2.05) is 36.7 Å². The molecule has 0 amide bonds. The van der Waals surface area contributed by atoms with E-state index in [4.69, 9.17) is 0 Å². The first-order chi connectivity index (χ1) is 13.7. The number of piperidine rings is 1. The van der Waals surface area contributed by atoms with Gasteiger partial charge in [-0.2, -0.15) is 5.26 Å². The molecule has 0 aliphatic carbocycles. The molecule has 1 unspecified atom stereocenters. The van der Waals surface area contributed by atoms with Crippen LogP contribution in [0.15, 0.2) is 55.0 Å². The fourth-order valence-corrected chi connectivity index (χ4v) is 4.13. The van der Waals surface area contributed by atoms with Crippen LogP contribution >= 0.6 is 0 Å². The molecule has 142 valence electrons. The maximum atomic E-state index is 9.36. The van der Waals surface area contributed by atoms with Gasteiger partial charge < -0.3 is 4.57 Å². The van der Waals surface area contributed by atoms with Crippen LogP contribution < -0.4 is 0 Å². The standard InChI is InChI=1S/C23H25N5/c1-18-13-26-23(21-9-4-10-25-14-21)28(18)16-19-6-5-11-27(15-19)17-22-8-3-2-7-20(22)12-24/h2-4,7-10,13-14,19H,5-6,11,15-17H2,1H3. The summed E-state index contributed by atoms with van der Waals surface area (Å²) in [5.41, 5.74) is 4.16. The zero-order valence-corrected chi connectivity index (χ0v) is 16.3. The van der Waals surface area contributed by atoms with Gasteiger partial charge in [0.1, 0.15) is 5.82 Å². The summed E-state index contributed by atoms with van der Waals surface area (Å²) in [6.45, 7) is 6.07. The fourth-order valence-electron chi connectivity index (χ4n) is 4.13. The first kappa shape index (κ1) is 18.4. The van der Waals surface area contributed by atoms with E-state index >= 15 is 0 Å². The molecule has 1 aliphatic rings. The summed E-state index contributed by atoms with van der Waals surface area (Å²) in [5, 5.41) is 9.36. The second-order valence-corrected chi connectivity index (χ2v) is 7.59. The Kier molecular flexibility index (Phi) is 5.50. The van der Waals surface area contributed by atoms with E-state index in [-0.39, 0.29) is 0 Å². The number of hydrogen-bond acceptors (Lipinski definition) is 4. The molecule has 0 N–H and O–H groups in total. The van der Waals surface area contributed by atoms with E-state index in [1.165, 1.54) is 18.5 Å². The number of benzene rings is 1. The number of aromatic nitrogens is 3. The highest BCUT2D eigenvalue weighted by Crippen LogP contribution is 2.25. The van der Waals surface area contributed by atoms with Crippen molar-refractivity contribution in [3.05, 3.63) is 71.8 Å². The van der Waals surface area contributed by atoms with Gasteiger partial charge in [-0.1, -0.05) is 18.2 Å². The van der Waals surface area contributed by atoms with Crippen LogP contribution in [0.1, 0.15) is 29.7 Å². The summed E-state index contributed by atoms with van der Waals surface area (Å²) in [7, 11) is 0. The Labute approximate surface area is 166 Å². The third kappa shape index (κ3) is 3.97. The van der Waals surface area contributed by atoms with Crippen LogP contribution in [0.3, 0.4) is 0 Å². The summed E-state index contributed by atoms with van der Waals surface area (Å²) in [6, 6.07) is 14.3. The number of nitrogens with zero attached hydrogens (tertiary/aromatic N) is 5. The van der Waals surface area contributed by atoms with Crippen LogP contribution in [0.25, 0.3) is 11.4 Å². The molecule has 5 heteroatoms. The number of imidazole rings is 1. The lowest BCUT2D eigenvalue weighted by molar-refractivity contribution is 0.156. The van der Waals surface area contributed by atoms with Gasteiger partial charge in [-0.25, -0.2) is 4.98 Å². The van der Waals surface area contributed by atoms with Crippen molar-refractivity contribution in [2.24, 2.45) is 5.92 Å². The Morgan fingerprint density at radius 2 is 2.07 bits per heavy atom. The molecule has 1 aliphatic heterocycles. The molecule has 4 rings (SSSR count). The molecule has 5 nitrogen and oxygen atoms in total. The van der Waals surface area contributed by atoms with E-state index in [0.29, 0.717) is 5.92 Å². The summed E-state index contributed by atoms with van der Waals surface area (Å²) >= 11 is 0. The van der Waals surface area contributed by atoms with Crippen molar-refractivity contribution in [3.8, 4) is 17.5 Å². The monoisotopic (exact) mass is 371 g/mol. The second-order valence-electron chi connectivity index (χ2n) is 7.59. The maximum absolute atomic E-state index is 9.36. The predicted octanol–water partition coefficient (Wildman–Crippen LogP) is 4.04. The van der Waals surface area contributed by atoms with Crippen LogP contribution in [0.2, 0.25) is 0 Å². The largest absolute Gasteiger partial charge is 0.328 e. The number of nitriles is 1. The molecule has 1 aromatic carbocycles. The summed E-state index contributed by atoms with van der Waals surface area (Å²) in [4.78, 5) is 11.4. The highest BCUT2D eigenvalue weighted by atomic mass is 15.1. The van der Waals surface area contributed by atoms with Gasteiger partial charge in [-0.15, -0.1) is 0 Å². The third-order valence-corrected chi connectivity index (χ3v) is 5.55. The summed E-state index contributed by atoms with van der Waals surface area (Å²) in [6.07, 6.45) is 8.04. The molecule has 1 fully saturated rings. The van der Waals surface area contributed by atoms with Crippen molar-refractivity contribution < 1.29 is 0 Å². The SMILES string of the molecule is Cc1cnc(-c2cccnc2)n1CC1CCCN(Cc2ccccc2C#N)C1. The Morgan fingerprint density at radius 1 is 1.18 bits per heavy atom. The lowest BCUT2D eigenvalue weighted by Crippen LogP contribution is -2.37. The van der Waals surface area contributed by atoms with E-state index in [0.717, 1.165) is 48.7 Å². The number of hydrogen-bond donors (Lipinski definition) is 0. The average molecular weight is 371 g/mol. The third-order valence-electron chi connectivity index (χ3n) is 5.55. The van der Waals surface area contributed by atoms with Gasteiger partial charge in [-0.3, -0.25) is 9.88 Å². The van der Waals surface area contributed by atoms with Crippen LogP contribution in [0.5, 0.6) is 0 Å². The van der Waals surface area contributed by atoms with Crippen LogP contribution in [0.4, 0.5) is 0 Å². The van der Waals surface area contributed by atoms with Crippen LogP contribution in [0, 0.1) is 24.2 Å². The second kappa shape index (κ2) is 8.37. The average Bonchev–Trinajstić information content (AvgIpc) is 3.10. The smallest absolute Gasteiger partial charge is 0.141 e. The van der Waals surface area contributed by atoms with Crippen molar-refractivity contribution in [3.63, 3.8) is 0 Å². The van der Waals surface area contributed by atoms with Crippen molar-refractivity contribution in [1.29, 1.82) is 5.26 Å². The maximum Gasteiger partial charge on any atom is 0.141 e. The van der Waals surface area contributed by atoms with Crippen molar-refractivity contribution in [2.75, 3.05) is 13.1 Å². The van der Waals surface area contributed by atoms with Gasteiger partial charge in [-0.05, 0) is 56.0 Å². The Hall–Kier alpha value is -2.97. The highest BCUT2D eigenvalue weighted by molar-refractivity contribution is 5.54. The Bertz CT molecular complexity index is 970. The van der Waals surface area contributed by atoms with Gasteiger partial charge in [0.2, 0.25) is 0 Å². The summed E-state index contributed by atoms with van der Waals surface area (Å²) < 4.78 is 2.33. The highest BCUT2D eigenvalue weighted by Gasteiger charge is 2.23. The molecule has 0 radical (unpaired) electrons. The zero-order chi connectivity index (χ0) is 19.3. The topological polar surface area (TPSA) is 57.7 Å². The van der Waals surface area contributed by atoms with Crippen LogP contribution in [-0.2, 0) is 13.1 Å².